The second kappa shape index (κ2) is 9.61. The van der Waals surface area contributed by atoms with Crippen LogP contribution in [-0.4, -0.2) is 20.9 Å². The lowest BCUT2D eigenvalue weighted by Gasteiger charge is -2.26. The van der Waals surface area contributed by atoms with Gasteiger partial charge in [-0.3, -0.25) is 9.10 Å². The molecule has 0 aliphatic heterocycles. The highest BCUT2D eigenvalue weighted by Gasteiger charge is 2.28. The van der Waals surface area contributed by atoms with E-state index in [4.69, 9.17) is 23.2 Å². The van der Waals surface area contributed by atoms with Crippen molar-refractivity contribution in [1.82, 2.24) is 0 Å². The third-order valence-electron chi connectivity index (χ3n) is 4.54. The number of hydrogen-bond acceptors (Lipinski definition) is 3. The fourth-order valence-electron chi connectivity index (χ4n) is 2.89. The molecule has 1 amide bonds. The molecule has 0 bridgehead atoms. The fraction of sp³-hybridized carbons (Fsp3) is 0.136. The minimum absolute atomic E-state index is 0.0805. The van der Waals surface area contributed by atoms with Crippen LogP contribution < -0.4 is 9.62 Å². The van der Waals surface area contributed by atoms with Crippen molar-refractivity contribution >= 4 is 66.4 Å². The molecule has 0 heterocycles. The first kappa shape index (κ1) is 23.6. The Kier molecular flexibility index (Phi) is 7.31. The Morgan fingerprint density at radius 1 is 1.00 bits per heavy atom. The summed E-state index contributed by atoms with van der Waals surface area (Å²) in [5, 5.41) is 3.48. The molecule has 31 heavy (non-hydrogen) atoms. The molecule has 0 aliphatic rings. The van der Waals surface area contributed by atoms with Crippen molar-refractivity contribution in [3.05, 3.63) is 86.3 Å². The first-order chi connectivity index (χ1) is 14.6. The van der Waals surface area contributed by atoms with Crippen molar-refractivity contribution in [3.8, 4) is 0 Å². The van der Waals surface area contributed by atoms with Crippen molar-refractivity contribution in [2.45, 2.75) is 18.7 Å². The van der Waals surface area contributed by atoms with Crippen LogP contribution in [0.4, 0.5) is 11.4 Å². The van der Waals surface area contributed by atoms with E-state index in [1.165, 1.54) is 18.2 Å². The molecular weight excluding hydrogens is 523 g/mol. The molecule has 3 aromatic rings. The highest BCUT2D eigenvalue weighted by Crippen LogP contribution is 2.30. The minimum Gasteiger partial charge on any atom is -0.324 e. The van der Waals surface area contributed by atoms with Crippen molar-refractivity contribution in [1.29, 1.82) is 0 Å². The highest BCUT2D eigenvalue weighted by molar-refractivity contribution is 9.10. The highest BCUT2D eigenvalue weighted by atomic mass is 79.9. The van der Waals surface area contributed by atoms with Crippen LogP contribution in [0.2, 0.25) is 10.0 Å². The van der Waals surface area contributed by atoms with E-state index in [0.29, 0.717) is 31.5 Å². The molecule has 0 saturated heterocycles. The molecule has 0 spiro atoms. The predicted molar refractivity (Wildman–Crippen MR) is 130 cm³/mol. The van der Waals surface area contributed by atoms with E-state index in [1.807, 2.05) is 6.92 Å². The topological polar surface area (TPSA) is 66.5 Å². The van der Waals surface area contributed by atoms with E-state index in [1.54, 1.807) is 49.4 Å². The summed E-state index contributed by atoms with van der Waals surface area (Å²) in [5.41, 5.74) is 2.37. The number of amides is 1. The molecule has 0 aromatic heterocycles. The van der Waals surface area contributed by atoms with Crippen LogP contribution >= 0.6 is 39.1 Å². The third-order valence-corrected chi connectivity index (χ3v) is 7.78. The van der Waals surface area contributed by atoms with Gasteiger partial charge >= 0.3 is 0 Å². The summed E-state index contributed by atoms with van der Waals surface area (Å²) >= 11 is 15.5. The van der Waals surface area contributed by atoms with E-state index < -0.39 is 22.5 Å². The van der Waals surface area contributed by atoms with Crippen LogP contribution in [0.25, 0.3) is 0 Å². The first-order valence-electron chi connectivity index (χ1n) is 9.18. The lowest BCUT2D eigenvalue weighted by atomic mass is 10.2. The number of carbonyl (C=O) groups excluding carboxylic acids is 1. The molecule has 3 rings (SSSR count). The standard InChI is InChI=1S/C22H19BrCl2N2O3S/c1-14-3-8-18(9-4-14)31(29,30)27(21-11-16(24)6-5-15(21)2)13-22(28)26-17-7-10-19(23)20(25)12-17/h3-12H,13H2,1-2H3,(H,26,28). The Morgan fingerprint density at radius 3 is 2.32 bits per heavy atom. The number of benzene rings is 3. The van der Waals surface area contributed by atoms with E-state index >= 15 is 0 Å². The van der Waals surface area contributed by atoms with Crippen LogP contribution in [0.3, 0.4) is 0 Å². The van der Waals surface area contributed by atoms with Crippen LogP contribution in [-0.2, 0) is 14.8 Å². The Hall–Kier alpha value is -2.06. The molecule has 0 unspecified atom stereocenters. The molecule has 1 N–H and O–H groups in total. The number of aryl methyl sites for hydroxylation is 2. The van der Waals surface area contributed by atoms with Gasteiger partial charge in [-0.15, -0.1) is 0 Å². The minimum atomic E-state index is -4.03. The van der Waals surface area contributed by atoms with Gasteiger partial charge in [0.25, 0.3) is 10.0 Å². The van der Waals surface area contributed by atoms with Gasteiger partial charge in [-0.2, -0.15) is 0 Å². The predicted octanol–water partition coefficient (Wildman–Crippen LogP) is 6.21. The second-order valence-electron chi connectivity index (χ2n) is 6.93. The monoisotopic (exact) mass is 540 g/mol. The third kappa shape index (κ3) is 5.60. The van der Waals surface area contributed by atoms with Crippen molar-refractivity contribution in [2.24, 2.45) is 0 Å². The zero-order valence-corrected chi connectivity index (χ0v) is 20.6. The number of nitrogens with one attached hydrogen (secondary N) is 1. The van der Waals surface area contributed by atoms with Gasteiger partial charge in [0.2, 0.25) is 5.91 Å². The summed E-state index contributed by atoms with van der Waals surface area (Å²) < 4.78 is 28.7. The van der Waals surface area contributed by atoms with Gasteiger partial charge < -0.3 is 5.32 Å². The Bertz CT molecular complexity index is 1230. The average Bonchev–Trinajstić information content (AvgIpc) is 2.71. The number of nitrogens with zero attached hydrogens (tertiary/aromatic N) is 1. The number of sulfonamides is 1. The SMILES string of the molecule is Cc1ccc(S(=O)(=O)N(CC(=O)Nc2ccc(Br)c(Cl)c2)c2cc(Cl)ccc2C)cc1. The van der Waals surface area contributed by atoms with E-state index in [-0.39, 0.29) is 4.90 Å². The maximum absolute atomic E-state index is 13.5. The molecule has 0 saturated carbocycles. The summed E-state index contributed by atoms with van der Waals surface area (Å²) in [5.74, 6) is -0.520. The van der Waals surface area contributed by atoms with Gasteiger partial charge in [0.15, 0.2) is 0 Å². The van der Waals surface area contributed by atoms with Gasteiger partial charge in [0, 0.05) is 15.2 Å². The number of anilines is 2. The van der Waals surface area contributed by atoms with Crippen molar-refractivity contribution in [3.63, 3.8) is 0 Å². The van der Waals surface area contributed by atoms with E-state index in [9.17, 15) is 13.2 Å². The molecule has 0 aliphatic carbocycles. The normalized spacial score (nSPS) is 11.3. The number of rotatable bonds is 6. The maximum Gasteiger partial charge on any atom is 0.264 e. The Balaban J connectivity index is 1.99. The van der Waals surface area contributed by atoms with E-state index in [2.05, 4.69) is 21.2 Å². The lowest BCUT2D eigenvalue weighted by Crippen LogP contribution is -2.38. The summed E-state index contributed by atoms with van der Waals surface area (Å²) in [7, 11) is -4.03. The summed E-state index contributed by atoms with van der Waals surface area (Å²) in [6.45, 7) is 3.19. The first-order valence-corrected chi connectivity index (χ1v) is 12.2. The van der Waals surface area contributed by atoms with Gasteiger partial charge in [-0.05, 0) is 77.8 Å². The van der Waals surface area contributed by atoms with Crippen molar-refractivity contribution < 1.29 is 13.2 Å². The molecular formula is C22H19BrCl2N2O3S. The summed E-state index contributed by atoms with van der Waals surface area (Å²) in [6.07, 6.45) is 0. The van der Waals surface area contributed by atoms with Gasteiger partial charge in [0.1, 0.15) is 6.54 Å². The molecule has 3 aromatic carbocycles. The number of halogens is 3. The molecule has 0 fully saturated rings. The Morgan fingerprint density at radius 2 is 1.68 bits per heavy atom. The average molecular weight is 542 g/mol. The summed E-state index contributed by atoms with van der Waals surface area (Å²) in [6, 6.07) is 16.3. The summed E-state index contributed by atoms with van der Waals surface area (Å²) in [4.78, 5) is 12.9. The zero-order chi connectivity index (χ0) is 22.8. The molecule has 5 nitrogen and oxygen atoms in total. The van der Waals surface area contributed by atoms with Crippen LogP contribution in [0, 0.1) is 13.8 Å². The Labute approximate surface area is 200 Å². The van der Waals surface area contributed by atoms with E-state index in [0.717, 1.165) is 9.87 Å². The zero-order valence-electron chi connectivity index (χ0n) is 16.7. The van der Waals surface area contributed by atoms with Gasteiger partial charge in [-0.1, -0.05) is 47.0 Å². The van der Waals surface area contributed by atoms with Crippen LogP contribution in [0.15, 0.2) is 70.0 Å². The largest absolute Gasteiger partial charge is 0.324 e. The molecule has 162 valence electrons. The quantitative estimate of drug-likeness (QED) is 0.403. The second-order valence-corrected chi connectivity index (χ2v) is 10.5. The molecule has 0 radical (unpaired) electrons. The van der Waals surface area contributed by atoms with Crippen molar-refractivity contribution in [2.75, 3.05) is 16.2 Å². The maximum atomic E-state index is 13.5. The fourth-order valence-corrected chi connectivity index (χ4v) is 4.96. The lowest BCUT2D eigenvalue weighted by molar-refractivity contribution is -0.114. The van der Waals surface area contributed by atoms with Crippen LogP contribution in [0.5, 0.6) is 0 Å². The molecule has 9 heteroatoms. The smallest absolute Gasteiger partial charge is 0.264 e. The number of hydrogen-bond donors (Lipinski definition) is 1. The van der Waals surface area contributed by atoms with Crippen LogP contribution in [0.1, 0.15) is 11.1 Å². The van der Waals surface area contributed by atoms with Gasteiger partial charge in [0.05, 0.1) is 15.6 Å². The molecule has 0 atom stereocenters. The number of carbonyl (C=O) groups is 1. The van der Waals surface area contributed by atoms with Gasteiger partial charge in [-0.25, -0.2) is 8.42 Å².